The Balaban J connectivity index is 2.14. The summed E-state index contributed by atoms with van der Waals surface area (Å²) < 4.78 is 10.1. The van der Waals surface area contributed by atoms with E-state index in [9.17, 15) is 4.79 Å². The summed E-state index contributed by atoms with van der Waals surface area (Å²) >= 11 is 1.85. The average Bonchev–Trinajstić information content (AvgIpc) is 2.94. The summed E-state index contributed by atoms with van der Waals surface area (Å²) in [4.78, 5) is 11.6. The standard InChI is InChI=1S/C14H23NO3S/c1-14(15-2,13(16)17-3)8-4-5-10-19-11-12-7-6-9-18-12/h6-7,9,15H,4-5,8,10-11H2,1-3H3. The molecule has 19 heavy (non-hydrogen) atoms. The van der Waals surface area contributed by atoms with Crippen molar-refractivity contribution >= 4 is 17.7 Å². The summed E-state index contributed by atoms with van der Waals surface area (Å²) in [6.45, 7) is 1.88. The Bertz CT molecular complexity index is 367. The molecule has 1 rings (SSSR count). The molecule has 1 aromatic heterocycles. The molecule has 0 amide bonds. The SMILES string of the molecule is CNC(C)(CCCCSCc1ccco1)C(=O)OC. The van der Waals surface area contributed by atoms with Gasteiger partial charge in [0.05, 0.1) is 19.1 Å². The van der Waals surface area contributed by atoms with Gasteiger partial charge in [0.2, 0.25) is 0 Å². The number of hydrogen-bond donors (Lipinski definition) is 1. The van der Waals surface area contributed by atoms with Crippen LogP contribution in [0.3, 0.4) is 0 Å². The Morgan fingerprint density at radius 2 is 2.32 bits per heavy atom. The lowest BCUT2D eigenvalue weighted by Crippen LogP contribution is -2.48. The fourth-order valence-corrected chi connectivity index (χ4v) is 2.72. The highest BCUT2D eigenvalue weighted by Crippen LogP contribution is 2.18. The van der Waals surface area contributed by atoms with E-state index in [0.29, 0.717) is 0 Å². The number of thioether (sulfide) groups is 1. The highest BCUT2D eigenvalue weighted by atomic mass is 32.2. The van der Waals surface area contributed by atoms with Crippen molar-refractivity contribution < 1.29 is 13.9 Å². The van der Waals surface area contributed by atoms with Crippen LogP contribution in [0.25, 0.3) is 0 Å². The molecular formula is C14H23NO3S. The largest absolute Gasteiger partial charge is 0.468 e. The van der Waals surface area contributed by atoms with Crippen LogP contribution in [0.5, 0.6) is 0 Å². The second-order valence-electron chi connectivity index (χ2n) is 4.66. The van der Waals surface area contributed by atoms with Crippen LogP contribution in [0.4, 0.5) is 0 Å². The van der Waals surface area contributed by atoms with Gasteiger partial charge in [-0.05, 0) is 44.7 Å². The van der Waals surface area contributed by atoms with E-state index < -0.39 is 5.54 Å². The predicted octanol–water partition coefficient (Wildman–Crippen LogP) is 2.83. The lowest BCUT2D eigenvalue weighted by molar-refractivity contribution is -0.148. The molecule has 4 nitrogen and oxygen atoms in total. The monoisotopic (exact) mass is 285 g/mol. The van der Waals surface area contributed by atoms with Gasteiger partial charge in [0.25, 0.3) is 0 Å². The highest BCUT2D eigenvalue weighted by Gasteiger charge is 2.31. The number of ether oxygens (including phenoxy) is 1. The molecule has 0 spiro atoms. The first-order valence-electron chi connectivity index (χ1n) is 6.50. The third-order valence-corrected chi connectivity index (χ3v) is 4.29. The zero-order chi connectivity index (χ0) is 14.1. The van der Waals surface area contributed by atoms with Gasteiger partial charge >= 0.3 is 5.97 Å². The zero-order valence-electron chi connectivity index (χ0n) is 11.9. The maximum absolute atomic E-state index is 11.6. The average molecular weight is 285 g/mol. The van der Waals surface area contributed by atoms with E-state index in [1.54, 1.807) is 13.3 Å². The van der Waals surface area contributed by atoms with Crippen LogP contribution >= 0.6 is 11.8 Å². The Morgan fingerprint density at radius 3 is 2.89 bits per heavy atom. The Morgan fingerprint density at radius 1 is 1.53 bits per heavy atom. The lowest BCUT2D eigenvalue weighted by Gasteiger charge is -2.25. The minimum Gasteiger partial charge on any atom is -0.468 e. The number of likely N-dealkylation sites (N-methyl/N-ethyl adjacent to an activating group) is 1. The molecule has 0 bridgehead atoms. The molecule has 1 unspecified atom stereocenters. The van der Waals surface area contributed by atoms with Crippen molar-refractivity contribution in [3.05, 3.63) is 24.2 Å². The van der Waals surface area contributed by atoms with Crippen LogP contribution in [0.15, 0.2) is 22.8 Å². The number of furan rings is 1. The van der Waals surface area contributed by atoms with Gasteiger partial charge in [0.1, 0.15) is 11.3 Å². The topological polar surface area (TPSA) is 51.5 Å². The van der Waals surface area contributed by atoms with E-state index in [4.69, 9.17) is 9.15 Å². The van der Waals surface area contributed by atoms with Crippen molar-refractivity contribution in [2.75, 3.05) is 19.9 Å². The van der Waals surface area contributed by atoms with E-state index in [0.717, 1.165) is 36.5 Å². The fourth-order valence-electron chi connectivity index (χ4n) is 1.80. The van der Waals surface area contributed by atoms with E-state index in [-0.39, 0.29) is 5.97 Å². The number of unbranched alkanes of at least 4 members (excludes halogenated alkanes) is 1. The van der Waals surface area contributed by atoms with Crippen LogP contribution in [0.1, 0.15) is 31.9 Å². The van der Waals surface area contributed by atoms with Crippen molar-refractivity contribution in [1.29, 1.82) is 0 Å². The molecule has 5 heteroatoms. The minimum absolute atomic E-state index is 0.196. The molecule has 0 aliphatic rings. The number of rotatable bonds is 9. The molecule has 0 aliphatic heterocycles. The van der Waals surface area contributed by atoms with Crippen LogP contribution in [0, 0.1) is 0 Å². The normalized spacial score (nSPS) is 14.1. The molecule has 0 saturated carbocycles. The van der Waals surface area contributed by atoms with E-state index in [2.05, 4.69) is 5.32 Å². The van der Waals surface area contributed by atoms with Gasteiger partial charge < -0.3 is 14.5 Å². The van der Waals surface area contributed by atoms with Crippen LogP contribution < -0.4 is 5.32 Å². The smallest absolute Gasteiger partial charge is 0.325 e. The third-order valence-electron chi connectivity index (χ3n) is 3.23. The van der Waals surface area contributed by atoms with Crippen LogP contribution in [0.2, 0.25) is 0 Å². The van der Waals surface area contributed by atoms with E-state index in [1.165, 1.54) is 7.11 Å². The highest BCUT2D eigenvalue weighted by molar-refractivity contribution is 7.98. The predicted molar refractivity (Wildman–Crippen MR) is 78.2 cm³/mol. The zero-order valence-corrected chi connectivity index (χ0v) is 12.7. The fraction of sp³-hybridized carbons (Fsp3) is 0.643. The Labute approximate surface area is 119 Å². The maximum Gasteiger partial charge on any atom is 0.325 e. The molecule has 1 heterocycles. The molecular weight excluding hydrogens is 262 g/mol. The van der Waals surface area contributed by atoms with Gasteiger partial charge in [-0.2, -0.15) is 11.8 Å². The maximum atomic E-state index is 11.6. The van der Waals surface area contributed by atoms with Gasteiger partial charge in [-0.15, -0.1) is 0 Å². The summed E-state index contributed by atoms with van der Waals surface area (Å²) in [6.07, 6.45) is 4.57. The Kier molecular flexibility index (Phi) is 7.02. The molecule has 108 valence electrons. The summed E-state index contributed by atoms with van der Waals surface area (Å²) in [5, 5.41) is 3.05. The molecule has 1 aromatic rings. The van der Waals surface area contributed by atoms with Gasteiger partial charge in [0, 0.05) is 0 Å². The molecule has 0 aromatic carbocycles. The van der Waals surface area contributed by atoms with Crippen molar-refractivity contribution in [2.24, 2.45) is 0 Å². The van der Waals surface area contributed by atoms with Gasteiger partial charge in [-0.25, -0.2) is 0 Å². The quantitative estimate of drug-likeness (QED) is 0.558. The molecule has 1 N–H and O–H groups in total. The molecule has 0 saturated heterocycles. The van der Waals surface area contributed by atoms with Crippen LogP contribution in [-0.2, 0) is 15.3 Å². The minimum atomic E-state index is -0.569. The van der Waals surface area contributed by atoms with Gasteiger partial charge in [-0.3, -0.25) is 4.79 Å². The number of hydrogen-bond acceptors (Lipinski definition) is 5. The van der Waals surface area contributed by atoms with E-state index >= 15 is 0 Å². The van der Waals surface area contributed by atoms with Crippen LogP contribution in [-0.4, -0.2) is 31.4 Å². The third kappa shape index (κ3) is 5.28. The van der Waals surface area contributed by atoms with Crippen molar-refractivity contribution in [2.45, 2.75) is 37.5 Å². The second kappa shape index (κ2) is 8.27. The number of esters is 1. The summed E-state index contributed by atoms with van der Waals surface area (Å²) in [5.41, 5.74) is -0.569. The van der Waals surface area contributed by atoms with Gasteiger partial charge in [-0.1, -0.05) is 6.42 Å². The number of methoxy groups -OCH3 is 1. The van der Waals surface area contributed by atoms with Crippen molar-refractivity contribution in [3.8, 4) is 0 Å². The summed E-state index contributed by atoms with van der Waals surface area (Å²) in [6, 6.07) is 3.90. The van der Waals surface area contributed by atoms with Gasteiger partial charge in [0.15, 0.2) is 0 Å². The molecule has 0 radical (unpaired) electrons. The lowest BCUT2D eigenvalue weighted by atomic mass is 9.95. The first-order chi connectivity index (χ1) is 9.12. The van der Waals surface area contributed by atoms with Crippen molar-refractivity contribution in [1.82, 2.24) is 5.32 Å². The first kappa shape index (κ1) is 16.1. The Hall–Kier alpha value is -0.940. The first-order valence-corrected chi connectivity index (χ1v) is 7.65. The second-order valence-corrected chi connectivity index (χ2v) is 5.77. The van der Waals surface area contributed by atoms with Crippen molar-refractivity contribution in [3.63, 3.8) is 0 Å². The summed E-state index contributed by atoms with van der Waals surface area (Å²) in [5.74, 6) is 2.80. The number of nitrogens with one attached hydrogen (secondary N) is 1. The van der Waals surface area contributed by atoms with E-state index in [1.807, 2.05) is 30.8 Å². The number of carbonyl (C=O) groups is 1. The molecule has 1 atom stereocenters. The number of carbonyl (C=O) groups excluding carboxylic acids is 1. The molecule has 0 fully saturated rings. The molecule has 0 aliphatic carbocycles. The summed E-state index contributed by atoms with van der Waals surface area (Å²) in [7, 11) is 3.22.